The Morgan fingerprint density at radius 1 is 1.13 bits per heavy atom. The molecule has 0 aromatic carbocycles. The molecule has 1 saturated carbocycles. The summed E-state index contributed by atoms with van der Waals surface area (Å²) < 4.78 is 5.31. The maximum absolute atomic E-state index is 5.31. The van der Waals surface area contributed by atoms with Gasteiger partial charge < -0.3 is 9.64 Å². The van der Waals surface area contributed by atoms with E-state index < -0.39 is 0 Å². The van der Waals surface area contributed by atoms with E-state index in [1.807, 2.05) is 0 Å². The maximum Gasteiger partial charge on any atom is 0.136 e. The lowest BCUT2D eigenvalue weighted by molar-refractivity contribution is 0.181. The van der Waals surface area contributed by atoms with Crippen molar-refractivity contribution >= 4 is 5.82 Å². The average molecular weight is 317 g/mol. The van der Waals surface area contributed by atoms with Crippen LogP contribution in [0.2, 0.25) is 0 Å². The van der Waals surface area contributed by atoms with Crippen LogP contribution in [0.25, 0.3) is 0 Å². The van der Waals surface area contributed by atoms with E-state index in [-0.39, 0.29) is 5.41 Å². The molecule has 128 valence electrons. The molecule has 1 spiro atoms. The first-order valence-corrected chi connectivity index (χ1v) is 9.04. The minimum Gasteiger partial charge on any atom is -0.378 e. The Morgan fingerprint density at radius 3 is 2.52 bits per heavy atom. The standard InChI is InChI=1S/C19H31N3O/c1-18(2,3)17-20-15(13-23-4)12-16(21-17)22-11-10-19(14-22)8-6-5-7-9-19/h12H,5-11,13-14H2,1-4H3. The first kappa shape index (κ1) is 16.7. The highest BCUT2D eigenvalue weighted by molar-refractivity contribution is 5.42. The van der Waals surface area contributed by atoms with Crippen LogP contribution in [0.1, 0.15) is 70.8 Å². The van der Waals surface area contributed by atoms with E-state index in [1.54, 1.807) is 7.11 Å². The molecule has 0 N–H and O–H groups in total. The number of hydrogen-bond acceptors (Lipinski definition) is 4. The van der Waals surface area contributed by atoms with Crippen molar-refractivity contribution in [2.45, 2.75) is 71.3 Å². The number of rotatable bonds is 3. The van der Waals surface area contributed by atoms with Crippen molar-refractivity contribution in [2.24, 2.45) is 5.41 Å². The molecule has 0 radical (unpaired) electrons. The van der Waals surface area contributed by atoms with Crippen LogP contribution < -0.4 is 4.90 Å². The lowest BCUT2D eigenvalue weighted by Crippen LogP contribution is -2.30. The normalized spacial score (nSPS) is 21.1. The second-order valence-corrected chi connectivity index (χ2v) is 8.46. The third kappa shape index (κ3) is 3.68. The molecule has 0 amide bonds. The highest BCUT2D eigenvalue weighted by Gasteiger charge is 2.39. The third-order valence-corrected chi connectivity index (χ3v) is 5.41. The summed E-state index contributed by atoms with van der Waals surface area (Å²) in [6, 6.07) is 2.13. The Kier molecular flexibility index (Phi) is 4.63. The van der Waals surface area contributed by atoms with Crippen molar-refractivity contribution in [1.82, 2.24) is 9.97 Å². The van der Waals surface area contributed by atoms with E-state index in [0.717, 1.165) is 23.9 Å². The van der Waals surface area contributed by atoms with Crippen LogP contribution >= 0.6 is 0 Å². The minimum atomic E-state index is -0.0409. The summed E-state index contributed by atoms with van der Waals surface area (Å²) in [6.45, 7) is 9.38. The zero-order valence-electron chi connectivity index (χ0n) is 15.2. The van der Waals surface area contributed by atoms with E-state index >= 15 is 0 Å². The zero-order chi connectivity index (χ0) is 16.5. The van der Waals surface area contributed by atoms with Crippen molar-refractivity contribution in [2.75, 3.05) is 25.1 Å². The summed E-state index contributed by atoms with van der Waals surface area (Å²) in [5.74, 6) is 2.02. The molecule has 2 fully saturated rings. The highest BCUT2D eigenvalue weighted by Crippen LogP contribution is 2.44. The molecule has 1 aliphatic heterocycles. The van der Waals surface area contributed by atoms with E-state index in [9.17, 15) is 0 Å². The quantitative estimate of drug-likeness (QED) is 0.842. The van der Waals surface area contributed by atoms with Crippen molar-refractivity contribution in [3.63, 3.8) is 0 Å². The Balaban J connectivity index is 1.85. The fraction of sp³-hybridized carbons (Fsp3) is 0.789. The molecule has 1 saturated heterocycles. The summed E-state index contributed by atoms with van der Waals surface area (Å²) in [6.07, 6.45) is 8.33. The lowest BCUT2D eigenvalue weighted by atomic mass is 9.73. The summed E-state index contributed by atoms with van der Waals surface area (Å²) in [5, 5.41) is 0. The SMILES string of the molecule is COCc1cc(N2CCC3(CCCCC3)C2)nc(C(C)(C)C)n1. The Bertz CT molecular complexity index is 544. The molecule has 1 aromatic rings. The van der Waals surface area contributed by atoms with Crippen LogP contribution in [0.15, 0.2) is 6.07 Å². The van der Waals surface area contributed by atoms with E-state index in [4.69, 9.17) is 14.7 Å². The topological polar surface area (TPSA) is 38.2 Å². The van der Waals surface area contributed by atoms with Gasteiger partial charge in [-0.25, -0.2) is 9.97 Å². The van der Waals surface area contributed by atoms with Crippen molar-refractivity contribution in [3.05, 3.63) is 17.6 Å². The Labute approximate surface area is 140 Å². The average Bonchev–Trinajstić information content (AvgIpc) is 2.91. The van der Waals surface area contributed by atoms with Gasteiger partial charge in [0.25, 0.3) is 0 Å². The van der Waals surface area contributed by atoms with Crippen LogP contribution in [-0.2, 0) is 16.8 Å². The van der Waals surface area contributed by atoms with Gasteiger partial charge in [-0.15, -0.1) is 0 Å². The van der Waals surface area contributed by atoms with E-state index in [1.165, 1.54) is 45.1 Å². The molecule has 1 aliphatic carbocycles. The van der Waals surface area contributed by atoms with Crippen LogP contribution in [0, 0.1) is 5.41 Å². The number of hydrogen-bond donors (Lipinski definition) is 0. The second kappa shape index (κ2) is 6.39. The van der Waals surface area contributed by atoms with Gasteiger partial charge in [0.05, 0.1) is 12.3 Å². The first-order valence-electron chi connectivity index (χ1n) is 9.04. The highest BCUT2D eigenvalue weighted by atomic mass is 16.5. The van der Waals surface area contributed by atoms with Gasteiger partial charge in [0.15, 0.2) is 0 Å². The number of ether oxygens (including phenoxy) is 1. The molecule has 23 heavy (non-hydrogen) atoms. The van der Waals surface area contributed by atoms with Crippen LogP contribution in [-0.4, -0.2) is 30.2 Å². The number of nitrogens with zero attached hydrogens (tertiary/aromatic N) is 3. The molecule has 4 heteroatoms. The van der Waals surface area contributed by atoms with Gasteiger partial charge >= 0.3 is 0 Å². The van der Waals surface area contributed by atoms with Gasteiger partial charge in [0.2, 0.25) is 0 Å². The molecule has 4 nitrogen and oxygen atoms in total. The summed E-state index contributed by atoms with van der Waals surface area (Å²) in [4.78, 5) is 12.1. The number of anilines is 1. The molecule has 3 rings (SSSR count). The molecule has 2 aliphatic rings. The molecular formula is C19H31N3O. The monoisotopic (exact) mass is 317 g/mol. The fourth-order valence-corrected chi connectivity index (χ4v) is 4.04. The predicted octanol–water partition coefficient (Wildman–Crippen LogP) is 4.08. The Hall–Kier alpha value is -1.16. The second-order valence-electron chi connectivity index (χ2n) is 8.46. The van der Waals surface area contributed by atoms with Gasteiger partial charge in [0, 0.05) is 31.7 Å². The summed E-state index contributed by atoms with van der Waals surface area (Å²) >= 11 is 0. The lowest BCUT2D eigenvalue weighted by Gasteiger charge is -2.33. The van der Waals surface area contributed by atoms with Crippen molar-refractivity contribution in [1.29, 1.82) is 0 Å². The van der Waals surface area contributed by atoms with Crippen LogP contribution in [0.3, 0.4) is 0 Å². The molecule has 2 heterocycles. The zero-order valence-corrected chi connectivity index (χ0v) is 15.2. The summed E-state index contributed by atoms with van der Waals surface area (Å²) in [7, 11) is 1.73. The third-order valence-electron chi connectivity index (χ3n) is 5.41. The smallest absolute Gasteiger partial charge is 0.136 e. The van der Waals surface area contributed by atoms with E-state index in [0.29, 0.717) is 12.0 Å². The molecule has 0 bridgehead atoms. The predicted molar refractivity (Wildman–Crippen MR) is 93.8 cm³/mol. The fourth-order valence-electron chi connectivity index (χ4n) is 4.04. The van der Waals surface area contributed by atoms with Crippen molar-refractivity contribution < 1.29 is 4.74 Å². The molecule has 1 aromatic heterocycles. The Morgan fingerprint density at radius 2 is 1.87 bits per heavy atom. The van der Waals surface area contributed by atoms with Gasteiger partial charge in [0.1, 0.15) is 11.6 Å². The minimum absolute atomic E-state index is 0.0409. The summed E-state index contributed by atoms with van der Waals surface area (Å²) in [5.41, 5.74) is 1.50. The molecular weight excluding hydrogens is 286 g/mol. The van der Waals surface area contributed by atoms with Gasteiger partial charge in [-0.2, -0.15) is 0 Å². The van der Waals surface area contributed by atoms with Crippen LogP contribution in [0.4, 0.5) is 5.82 Å². The number of aromatic nitrogens is 2. The van der Waals surface area contributed by atoms with Gasteiger partial charge in [-0.3, -0.25) is 0 Å². The van der Waals surface area contributed by atoms with E-state index in [2.05, 4.69) is 31.7 Å². The van der Waals surface area contributed by atoms with Gasteiger partial charge in [-0.05, 0) is 24.7 Å². The van der Waals surface area contributed by atoms with Gasteiger partial charge in [-0.1, -0.05) is 40.0 Å². The first-order chi connectivity index (χ1) is 10.9. The maximum atomic E-state index is 5.31. The van der Waals surface area contributed by atoms with Crippen LogP contribution in [0.5, 0.6) is 0 Å². The molecule has 0 unspecified atom stereocenters. The number of methoxy groups -OCH3 is 1. The largest absolute Gasteiger partial charge is 0.378 e. The van der Waals surface area contributed by atoms with Crippen molar-refractivity contribution in [3.8, 4) is 0 Å². The molecule has 0 atom stereocenters.